The highest BCUT2D eigenvalue weighted by atomic mass is 19.4. The predicted molar refractivity (Wildman–Crippen MR) is 284 cm³/mol. The summed E-state index contributed by atoms with van der Waals surface area (Å²) in [5.74, 6) is -0.0504. The molecule has 0 amide bonds. The second-order valence-corrected chi connectivity index (χ2v) is 21.7. The Bertz CT molecular complexity index is 3100. The fourth-order valence-corrected chi connectivity index (χ4v) is 11.9. The molecule has 3 aliphatic carbocycles. The zero-order valence-corrected chi connectivity index (χ0v) is 42.7. The molecule has 0 spiro atoms. The summed E-state index contributed by atoms with van der Waals surface area (Å²) in [5.41, 5.74) is 12.8. The first-order chi connectivity index (χ1) is 34.3. The first-order valence-electron chi connectivity index (χ1n) is 25.4. The van der Waals surface area contributed by atoms with E-state index < -0.39 is 28.9 Å². The fourth-order valence-electron chi connectivity index (χ4n) is 11.9. The number of methoxy groups -OCH3 is 1. The molecule has 8 heteroatoms. The van der Waals surface area contributed by atoms with Crippen molar-refractivity contribution in [3.63, 3.8) is 0 Å². The van der Waals surface area contributed by atoms with Crippen LogP contribution in [0.3, 0.4) is 0 Å². The maximum Gasteiger partial charge on any atom is 0.402 e. The fraction of sp³-hybridized carbons (Fsp3) is 0.344. The zero-order valence-electron chi connectivity index (χ0n) is 42.7. The van der Waals surface area contributed by atoms with E-state index in [1.165, 1.54) is 46.9 Å². The average Bonchev–Trinajstić information content (AvgIpc) is 3.89. The molecule has 0 saturated heterocycles. The SMILES string of the molecule is C=CC(=O)OCCCCCC1(CCCCCOC(=O)C=C)c2cc(-c3ccc4c(c3)C(C)(C)c3cc(OC)ccc3-4)ccc2-c2ccc(-c3ccc4c(c3)C(C)(C(F)(F)F)c3cc(C(C)(C)C)ccc3-4)cc21. The van der Waals surface area contributed by atoms with Gasteiger partial charge < -0.3 is 14.2 Å². The Morgan fingerprint density at radius 1 is 0.514 bits per heavy atom. The number of fused-ring (bicyclic) bond motifs is 9. The number of hydrogen-bond acceptors (Lipinski definition) is 5. The van der Waals surface area contributed by atoms with Gasteiger partial charge in [-0.15, -0.1) is 0 Å². The zero-order chi connectivity index (χ0) is 51.4. The van der Waals surface area contributed by atoms with E-state index in [-0.39, 0.29) is 16.4 Å². The first-order valence-corrected chi connectivity index (χ1v) is 25.4. The van der Waals surface area contributed by atoms with Crippen LogP contribution in [0, 0.1) is 0 Å². The lowest BCUT2D eigenvalue weighted by Crippen LogP contribution is -2.39. The maximum absolute atomic E-state index is 15.7. The molecule has 6 aromatic carbocycles. The molecule has 0 radical (unpaired) electrons. The standard InChI is InChI=1S/C64H65F3O5/c1-10-58(68)71-32-16-12-14-30-63(31-15-13-17-33-72-59(69)11-2)56-36-42(40-18-24-46-47-29-23-45(70-9)39-53(47)61(6,7)52(46)34-40)20-26-50(56)51-27-21-43(37-57(51)63)41-19-25-48-49-28-22-44(60(3,4)5)38-55(49)62(8,54(48)35-41)64(65,66)67/h10-11,18-29,34-39H,1-2,12-17,30-33H2,3-9H3. The molecule has 0 fully saturated rings. The monoisotopic (exact) mass is 970 g/mol. The van der Waals surface area contributed by atoms with E-state index in [0.29, 0.717) is 42.7 Å². The molecule has 72 heavy (non-hydrogen) atoms. The highest BCUT2D eigenvalue weighted by Crippen LogP contribution is 2.59. The van der Waals surface area contributed by atoms with Crippen molar-refractivity contribution in [2.75, 3.05) is 20.3 Å². The Labute approximate surface area is 423 Å². The smallest absolute Gasteiger partial charge is 0.402 e. The Balaban J connectivity index is 1.15. The number of ether oxygens (including phenoxy) is 3. The number of carbonyl (C=O) groups excluding carboxylic acids is 2. The summed E-state index contributed by atoms with van der Waals surface area (Å²) >= 11 is 0. The van der Waals surface area contributed by atoms with Gasteiger partial charge in [-0.3, -0.25) is 0 Å². The first kappa shape index (κ1) is 50.3. The van der Waals surface area contributed by atoms with Gasteiger partial charge in [-0.05, 0) is 169 Å². The molecule has 0 aromatic heterocycles. The topological polar surface area (TPSA) is 61.8 Å². The number of halogens is 3. The van der Waals surface area contributed by atoms with Crippen molar-refractivity contribution < 1.29 is 37.0 Å². The van der Waals surface area contributed by atoms with Crippen molar-refractivity contribution >= 4 is 11.9 Å². The summed E-state index contributed by atoms with van der Waals surface area (Å²) in [6, 6.07) is 37.7. The van der Waals surface area contributed by atoms with Gasteiger partial charge in [-0.25, -0.2) is 9.59 Å². The number of hydrogen-bond donors (Lipinski definition) is 0. The van der Waals surface area contributed by atoms with Gasteiger partial charge in [0.1, 0.15) is 11.2 Å². The number of esters is 2. The van der Waals surface area contributed by atoms with E-state index in [0.717, 1.165) is 88.8 Å². The number of alkyl halides is 3. The van der Waals surface area contributed by atoms with Gasteiger partial charge in [-0.2, -0.15) is 13.2 Å². The number of benzene rings is 6. The van der Waals surface area contributed by atoms with Gasteiger partial charge in [0.05, 0.1) is 20.3 Å². The molecule has 3 aliphatic rings. The Kier molecular flexibility index (Phi) is 13.3. The maximum atomic E-state index is 15.7. The van der Waals surface area contributed by atoms with E-state index >= 15 is 13.2 Å². The van der Waals surface area contributed by atoms with Crippen LogP contribution >= 0.6 is 0 Å². The molecule has 0 bridgehead atoms. The van der Waals surface area contributed by atoms with Crippen LogP contribution in [0.2, 0.25) is 0 Å². The molecular weight excluding hydrogens is 906 g/mol. The van der Waals surface area contributed by atoms with Crippen molar-refractivity contribution in [3.8, 4) is 61.4 Å². The van der Waals surface area contributed by atoms with Crippen molar-refractivity contribution in [2.24, 2.45) is 0 Å². The lowest BCUT2D eigenvalue weighted by Gasteiger charge is -2.33. The molecule has 0 aliphatic heterocycles. The Morgan fingerprint density at radius 3 is 1.35 bits per heavy atom. The number of carbonyl (C=O) groups is 2. The van der Waals surface area contributed by atoms with Crippen LogP contribution in [0.1, 0.15) is 132 Å². The second-order valence-electron chi connectivity index (χ2n) is 21.7. The highest BCUT2D eigenvalue weighted by Gasteiger charge is 2.58. The van der Waals surface area contributed by atoms with E-state index in [9.17, 15) is 9.59 Å². The van der Waals surface area contributed by atoms with Crippen LogP contribution in [-0.4, -0.2) is 38.4 Å². The Morgan fingerprint density at radius 2 is 0.903 bits per heavy atom. The summed E-state index contributed by atoms with van der Waals surface area (Å²) in [6.07, 6.45) is 4.08. The van der Waals surface area contributed by atoms with Crippen molar-refractivity contribution in [3.05, 3.63) is 173 Å². The van der Waals surface area contributed by atoms with Gasteiger partial charge in [0.15, 0.2) is 0 Å². The van der Waals surface area contributed by atoms with E-state index in [1.807, 2.05) is 51.1 Å². The minimum Gasteiger partial charge on any atom is -0.497 e. The summed E-state index contributed by atoms with van der Waals surface area (Å²) in [4.78, 5) is 23.9. The van der Waals surface area contributed by atoms with Crippen LogP contribution in [0.25, 0.3) is 55.6 Å². The van der Waals surface area contributed by atoms with E-state index in [1.54, 1.807) is 19.2 Å². The van der Waals surface area contributed by atoms with E-state index in [4.69, 9.17) is 14.2 Å². The lowest BCUT2D eigenvalue weighted by molar-refractivity contribution is -0.172. The largest absolute Gasteiger partial charge is 0.497 e. The third kappa shape index (κ3) is 8.68. The molecular formula is C64H65F3O5. The number of rotatable bonds is 17. The average molecular weight is 971 g/mol. The van der Waals surface area contributed by atoms with Gasteiger partial charge in [0, 0.05) is 23.0 Å². The minimum atomic E-state index is -4.55. The molecule has 0 heterocycles. The van der Waals surface area contributed by atoms with Gasteiger partial charge in [-0.1, -0.05) is 146 Å². The van der Waals surface area contributed by atoms with Crippen molar-refractivity contribution in [2.45, 2.75) is 121 Å². The summed E-state index contributed by atoms with van der Waals surface area (Å²) in [6.45, 7) is 19.6. The predicted octanol–water partition coefficient (Wildman–Crippen LogP) is 16.3. The molecule has 1 atom stereocenters. The van der Waals surface area contributed by atoms with Crippen LogP contribution < -0.4 is 4.74 Å². The summed E-state index contributed by atoms with van der Waals surface area (Å²) in [5, 5.41) is 0. The molecule has 5 nitrogen and oxygen atoms in total. The van der Waals surface area contributed by atoms with Gasteiger partial charge in [0.2, 0.25) is 0 Å². The van der Waals surface area contributed by atoms with Crippen molar-refractivity contribution in [1.82, 2.24) is 0 Å². The quantitative estimate of drug-likeness (QED) is 0.0518. The normalized spacial score (nSPS) is 16.4. The summed E-state index contributed by atoms with van der Waals surface area (Å²) < 4.78 is 63.5. The Hall–Kier alpha value is -6.67. The molecule has 0 N–H and O–H groups in total. The second kappa shape index (κ2) is 19.1. The van der Waals surface area contributed by atoms with Gasteiger partial charge >= 0.3 is 18.1 Å². The third-order valence-electron chi connectivity index (χ3n) is 16.1. The number of unbranched alkanes of at least 4 members (excludes halogenated alkanes) is 4. The van der Waals surface area contributed by atoms with Crippen LogP contribution in [-0.2, 0) is 40.7 Å². The van der Waals surface area contributed by atoms with Crippen LogP contribution in [0.15, 0.2) is 135 Å². The molecule has 6 aromatic rings. The summed E-state index contributed by atoms with van der Waals surface area (Å²) in [7, 11) is 1.70. The van der Waals surface area contributed by atoms with Crippen LogP contribution in [0.4, 0.5) is 13.2 Å². The van der Waals surface area contributed by atoms with Crippen molar-refractivity contribution in [1.29, 1.82) is 0 Å². The highest BCUT2D eigenvalue weighted by molar-refractivity contribution is 5.90. The third-order valence-corrected chi connectivity index (χ3v) is 16.1. The molecule has 372 valence electrons. The van der Waals surface area contributed by atoms with Gasteiger partial charge in [0.25, 0.3) is 0 Å². The van der Waals surface area contributed by atoms with E-state index in [2.05, 4.69) is 93.7 Å². The lowest BCUT2D eigenvalue weighted by atomic mass is 9.70. The molecule has 1 unspecified atom stereocenters. The molecule has 0 saturated carbocycles. The molecule has 9 rings (SSSR count). The minimum absolute atomic E-state index is 0.254. The van der Waals surface area contributed by atoms with Crippen LogP contribution in [0.5, 0.6) is 5.75 Å².